The van der Waals surface area contributed by atoms with Gasteiger partial charge in [0, 0.05) is 24.7 Å². The van der Waals surface area contributed by atoms with E-state index in [1.54, 1.807) is 6.20 Å². The molecule has 152 valence electrons. The molecule has 1 N–H and O–H groups in total. The van der Waals surface area contributed by atoms with E-state index in [-0.39, 0.29) is 18.0 Å². The molecule has 29 heavy (non-hydrogen) atoms. The third-order valence-electron chi connectivity index (χ3n) is 5.88. The molecule has 0 bridgehead atoms. The fraction of sp³-hybridized carbons (Fsp3) is 0.435. The van der Waals surface area contributed by atoms with Crippen molar-refractivity contribution in [2.45, 2.75) is 45.7 Å². The Labute approximate surface area is 171 Å². The Hall–Kier alpha value is -2.73. The molecule has 1 aromatic carbocycles. The van der Waals surface area contributed by atoms with Gasteiger partial charge in [-0.2, -0.15) is 5.10 Å². The van der Waals surface area contributed by atoms with Crippen molar-refractivity contribution in [3.63, 3.8) is 0 Å². The number of carbonyl (C=O) groups is 1. The number of pyridine rings is 1. The molecule has 0 aliphatic carbocycles. The molecule has 6 nitrogen and oxygen atoms in total. The topological polar surface area (TPSA) is 63.1 Å². The van der Waals surface area contributed by atoms with Crippen molar-refractivity contribution in [1.29, 1.82) is 0 Å². The molecule has 0 spiro atoms. The number of aryl methyl sites for hydroxylation is 1. The van der Waals surface area contributed by atoms with Gasteiger partial charge in [0.2, 0.25) is 0 Å². The number of nitrogens with one attached hydrogen (secondary N) is 1. The first-order chi connectivity index (χ1) is 14.0. The van der Waals surface area contributed by atoms with Gasteiger partial charge in [0.05, 0.1) is 22.8 Å². The van der Waals surface area contributed by atoms with E-state index in [0.29, 0.717) is 5.56 Å². The van der Waals surface area contributed by atoms with Gasteiger partial charge in [0.25, 0.3) is 5.91 Å². The van der Waals surface area contributed by atoms with Gasteiger partial charge in [-0.25, -0.2) is 9.67 Å². The van der Waals surface area contributed by atoms with Crippen molar-refractivity contribution in [2.75, 3.05) is 20.1 Å². The van der Waals surface area contributed by atoms with E-state index in [1.807, 2.05) is 34.8 Å². The maximum absolute atomic E-state index is 13.5. The van der Waals surface area contributed by atoms with E-state index in [9.17, 15) is 4.79 Å². The summed E-state index contributed by atoms with van der Waals surface area (Å²) in [6.07, 6.45) is 3.74. The normalized spacial score (nSPS) is 15.2. The molecule has 0 atom stereocenters. The molecule has 3 heterocycles. The number of fused-ring (bicyclic) bond motifs is 1. The van der Waals surface area contributed by atoms with E-state index in [2.05, 4.69) is 43.3 Å². The molecule has 0 unspecified atom stereocenters. The van der Waals surface area contributed by atoms with Crippen molar-refractivity contribution in [3.8, 4) is 11.3 Å². The number of amides is 1. The molecule has 1 saturated heterocycles. The number of hydrogen-bond acceptors (Lipinski definition) is 4. The maximum Gasteiger partial charge on any atom is 0.254 e. The molecule has 4 rings (SSSR count). The fourth-order valence-electron chi connectivity index (χ4n) is 4.12. The van der Waals surface area contributed by atoms with Gasteiger partial charge in [-0.15, -0.1) is 0 Å². The smallest absolute Gasteiger partial charge is 0.254 e. The van der Waals surface area contributed by atoms with Crippen LogP contribution in [0, 0.1) is 6.92 Å². The van der Waals surface area contributed by atoms with Gasteiger partial charge in [-0.05, 0) is 58.3 Å². The molecule has 1 aliphatic rings. The molecule has 0 radical (unpaired) electrons. The minimum atomic E-state index is 0.0439. The highest BCUT2D eigenvalue weighted by molar-refractivity contribution is 6.06. The van der Waals surface area contributed by atoms with Crippen LogP contribution in [0.15, 0.2) is 36.5 Å². The number of rotatable bonds is 4. The third kappa shape index (κ3) is 3.65. The number of carbonyl (C=O) groups excluding carboxylic acids is 1. The van der Waals surface area contributed by atoms with Crippen LogP contribution in [0.2, 0.25) is 0 Å². The lowest BCUT2D eigenvalue weighted by Gasteiger charge is -2.32. The van der Waals surface area contributed by atoms with Gasteiger partial charge in [0.1, 0.15) is 0 Å². The number of aromatic nitrogens is 3. The molecular formula is C23H29N5O. The van der Waals surface area contributed by atoms with Crippen LogP contribution in [-0.4, -0.2) is 51.8 Å². The Kier molecular flexibility index (Phi) is 5.37. The van der Waals surface area contributed by atoms with Gasteiger partial charge >= 0.3 is 0 Å². The number of piperidine rings is 1. The average molecular weight is 392 g/mol. The van der Waals surface area contributed by atoms with E-state index in [0.717, 1.165) is 53.8 Å². The molecule has 1 aliphatic heterocycles. The fourth-order valence-corrected chi connectivity index (χ4v) is 4.12. The third-order valence-corrected chi connectivity index (χ3v) is 5.88. The average Bonchev–Trinajstić information content (AvgIpc) is 3.17. The number of hydrogen-bond donors (Lipinski definition) is 1. The summed E-state index contributed by atoms with van der Waals surface area (Å²) < 4.78 is 1.90. The molecule has 0 saturated carbocycles. The highest BCUT2D eigenvalue weighted by Crippen LogP contribution is 2.29. The quantitative estimate of drug-likeness (QED) is 0.735. The van der Waals surface area contributed by atoms with Gasteiger partial charge in [-0.1, -0.05) is 24.3 Å². The van der Waals surface area contributed by atoms with Gasteiger partial charge in [0.15, 0.2) is 5.65 Å². The first kappa shape index (κ1) is 19.6. The van der Waals surface area contributed by atoms with Crippen LogP contribution in [0.4, 0.5) is 0 Å². The SMILES string of the molecule is Cc1ccccc1-c1cc(C(=O)N(C)C2CCNCC2)c2cnn(C(C)C)c2n1. The van der Waals surface area contributed by atoms with Crippen molar-refractivity contribution in [2.24, 2.45) is 0 Å². The van der Waals surface area contributed by atoms with Crippen LogP contribution in [-0.2, 0) is 0 Å². The van der Waals surface area contributed by atoms with E-state index < -0.39 is 0 Å². The second-order valence-corrected chi connectivity index (χ2v) is 8.19. The molecule has 1 fully saturated rings. The van der Waals surface area contributed by atoms with E-state index >= 15 is 0 Å². The second-order valence-electron chi connectivity index (χ2n) is 8.19. The van der Waals surface area contributed by atoms with Crippen LogP contribution in [0.3, 0.4) is 0 Å². The number of benzene rings is 1. The van der Waals surface area contributed by atoms with E-state index in [4.69, 9.17) is 4.98 Å². The van der Waals surface area contributed by atoms with Crippen molar-refractivity contribution in [3.05, 3.63) is 47.7 Å². The molecule has 6 heteroatoms. The highest BCUT2D eigenvalue weighted by atomic mass is 16.2. The molecule has 2 aromatic heterocycles. The minimum absolute atomic E-state index is 0.0439. The van der Waals surface area contributed by atoms with Crippen molar-refractivity contribution in [1.82, 2.24) is 25.0 Å². The van der Waals surface area contributed by atoms with E-state index in [1.165, 1.54) is 0 Å². The summed E-state index contributed by atoms with van der Waals surface area (Å²) in [7, 11) is 1.92. The first-order valence-corrected chi connectivity index (χ1v) is 10.4. The Morgan fingerprint density at radius 1 is 1.24 bits per heavy atom. The summed E-state index contributed by atoms with van der Waals surface area (Å²) in [5, 5.41) is 8.73. The van der Waals surface area contributed by atoms with Gasteiger partial charge in [-0.3, -0.25) is 4.79 Å². The predicted octanol–water partition coefficient (Wildman–Crippen LogP) is 3.81. The monoisotopic (exact) mass is 391 g/mol. The zero-order valence-corrected chi connectivity index (χ0v) is 17.6. The Balaban J connectivity index is 1.85. The maximum atomic E-state index is 13.5. The second kappa shape index (κ2) is 7.95. The van der Waals surface area contributed by atoms with Gasteiger partial charge < -0.3 is 10.2 Å². The summed E-state index contributed by atoms with van der Waals surface area (Å²) in [6.45, 7) is 8.14. The standard InChI is InChI=1S/C23H29N5O/c1-15(2)28-22-20(14-25-28)19(23(29)27(4)17-9-11-24-12-10-17)13-21(26-22)18-8-6-5-7-16(18)3/h5-8,13-15,17,24H,9-12H2,1-4H3. The summed E-state index contributed by atoms with van der Waals surface area (Å²) in [5.74, 6) is 0.0439. The minimum Gasteiger partial charge on any atom is -0.339 e. The predicted molar refractivity (Wildman–Crippen MR) is 116 cm³/mol. The molecular weight excluding hydrogens is 362 g/mol. The lowest BCUT2D eigenvalue weighted by atomic mass is 10.0. The zero-order chi connectivity index (χ0) is 20.5. The largest absolute Gasteiger partial charge is 0.339 e. The van der Waals surface area contributed by atoms with Crippen molar-refractivity contribution < 1.29 is 4.79 Å². The van der Waals surface area contributed by atoms with Crippen LogP contribution in [0.5, 0.6) is 0 Å². The lowest BCUT2D eigenvalue weighted by Crippen LogP contribution is -2.44. The van der Waals surface area contributed by atoms with Crippen LogP contribution < -0.4 is 5.32 Å². The Morgan fingerprint density at radius 2 is 1.97 bits per heavy atom. The molecule has 3 aromatic rings. The zero-order valence-electron chi connectivity index (χ0n) is 17.6. The molecule has 1 amide bonds. The summed E-state index contributed by atoms with van der Waals surface area (Å²) in [6, 6.07) is 10.5. The summed E-state index contributed by atoms with van der Waals surface area (Å²) >= 11 is 0. The number of nitrogens with zero attached hydrogens (tertiary/aromatic N) is 4. The van der Waals surface area contributed by atoms with Crippen LogP contribution >= 0.6 is 0 Å². The van der Waals surface area contributed by atoms with Crippen LogP contribution in [0.1, 0.15) is 48.7 Å². The highest BCUT2D eigenvalue weighted by Gasteiger charge is 2.26. The Morgan fingerprint density at radius 3 is 2.66 bits per heavy atom. The van der Waals surface area contributed by atoms with Crippen LogP contribution in [0.25, 0.3) is 22.3 Å². The van der Waals surface area contributed by atoms with Crippen molar-refractivity contribution >= 4 is 16.9 Å². The summed E-state index contributed by atoms with van der Waals surface area (Å²) in [5.41, 5.74) is 4.45. The summed E-state index contributed by atoms with van der Waals surface area (Å²) in [4.78, 5) is 20.4. The Bertz CT molecular complexity index is 1030. The lowest BCUT2D eigenvalue weighted by molar-refractivity contribution is 0.0705. The first-order valence-electron chi connectivity index (χ1n) is 10.4.